The molecule has 0 unspecified atom stereocenters. The molecule has 0 aliphatic carbocycles. The number of hydrogen-bond acceptors (Lipinski definition) is 1. The third kappa shape index (κ3) is 6.75. The molecule has 0 bridgehead atoms. The van der Waals surface area contributed by atoms with Crippen molar-refractivity contribution in [3.63, 3.8) is 0 Å². The van der Waals surface area contributed by atoms with Crippen LogP contribution in [0.25, 0.3) is 0 Å². The Kier molecular flexibility index (Phi) is 8.49. The van der Waals surface area contributed by atoms with Crippen molar-refractivity contribution in [1.82, 2.24) is 5.32 Å². The molecule has 0 fully saturated rings. The fraction of sp³-hybridized carbons (Fsp3) is 0.625. The first kappa shape index (κ1) is 15.2. The molecule has 102 valence electrons. The predicted molar refractivity (Wildman–Crippen MR) is 76.3 cm³/mol. The molecule has 18 heavy (non-hydrogen) atoms. The molecule has 0 aliphatic rings. The van der Waals surface area contributed by atoms with Crippen LogP contribution in [0.15, 0.2) is 24.3 Å². The van der Waals surface area contributed by atoms with E-state index in [1.807, 2.05) is 12.1 Å². The number of benzene rings is 1. The Morgan fingerprint density at radius 1 is 0.944 bits per heavy atom. The molecule has 0 saturated heterocycles. The lowest BCUT2D eigenvalue weighted by atomic mass is 10.1. The first-order valence-corrected chi connectivity index (χ1v) is 7.28. The van der Waals surface area contributed by atoms with Gasteiger partial charge >= 0.3 is 0 Å². The molecule has 1 N–H and O–H groups in total. The normalized spacial score (nSPS) is 10.8. The van der Waals surface area contributed by atoms with Gasteiger partial charge in [0.1, 0.15) is 5.82 Å². The highest BCUT2D eigenvalue weighted by Crippen LogP contribution is 2.06. The third-order valence-electron chi connectivity index (χ3n) is 3.24. The minimum atomic E-state index is -0.0844. The summed E-state index contributed by atoms with van der Waals surface area (Å²) in [6.45, 7) is 4.17. The van der Waals surface area contributed by atoms with Crippen molar-refractivity contribution in [3.05, 3.63) is 35.6 Å². The molecular formula is C16H26FN. The Balaban J connectivity index is 1.94. The van der Waals surface area contributed by atoms with Gasteiger partial charge in [-0.25, -0.2) is 4.39 Å². The maximum atomic E-state index is 13.3. The van der Waals surface area contributed by atoms with Crippen molar-refractivity contribution in [1.29, 1.82) is 0 Å². The van der Waals surface area contributed by atoms with E-state index in [1.54, 1.807) is 6.07 Å². The smallest absolute Gasteiger partial charge is 0.126 e. The standard InChI is InChI=1S/C16H26FN/c1-2-3-4-5-6-9-13-18-14-12-15-10-7-8-11-16(15)17/h7-8,10-11,18H,2-6,9,12-14H2,1H3. The summed E-state index contributed by atoms with van der Waals surface area (Å²) >= 11 is 0. The van der Waals surface area contributed by atoms with E-state index in [-0.39, 0.29) is 5.82 Å². The minimum Gasteiger partial charge on any atom is -0.316 e. The van der Waals surface area contributed by atoms with Crippen LogP contribution < -0.4 is 5.32 Å². The molecule has 0 atom stereocenters. The second-order valence-corrected chi connectivity index (χ2v) is 4.86. The summed E-state index contributed by atoms with van der Waals surface area (Å²) < 4.78 is 13.3. The average Bonchev–Trinajstić information content (AvgIpc) is 2.39. The summed E-state index contributed by atoms with van der Waals surface area (Å²) in [4.78, 5) is 0. The SMILES string of the molecule is CCCCCCCCNCCc1ccccc1F. The lowest BCUT2D eigenvalue weighted by Crippen LogP contribution is -2.18. The topological polar surface area (TPSA) is 12.0 Å². The molecule has 0 amide bonds. The van der Waals surface area contributed by atoms with Gasteiger partial charge < -0.3 is 5.32 Å². The summed E-state index contributed by atoms with van der Waals surface area (Å²) in [7, 11) is 0. The van der Waals surface area contributed by atoms with Gasteiger partial charge in [-0.1, -0.05) is 57.2 Å². The molecule has 2 heteroatoms. The molecule has 0 saturated carbocycles. The molecule has 1 aromatic carbocycles. The van der Waals surface area contributed by atoms with E-state index in [4.69, 9.17) is 0 Å². The number of hydrogen-bond donors (Lipinski definition) is 1. The molecule has 0 aliphatic heterocycles. The predicted octanol–water partition coefficient (Wildman–Crippen LogP) is 4.32. The Morgan fingerprint density at radius 2 is 1.67 bits per heavy atom. The third-order valence-corrected chi connectivity index (χ3v) is 3.24. The lowest BCUT2D eigenvalue weighted by Gasteiger charge is -2.05. The van der Waals surface area contributed by atoms with Gasteiger partial charge in [-0.3, -0.25) is 0 Å². The van der Waals surface area contributed by atoms with Crippen LogP contribution in [0, 0.1) is 5.82 Å². The van der Waals surface area contributed by atoms with Crippen LogP contribution in [0.4, 0.5) is 4.39 Å². The first-order valence-electron chi connectivity index (χ1n) is 7.28. The summed E-state index contributed by atoms with van der Waals surface area (Å²) in [6, 6.07) is 7.03. The fourth-order valence-electron chi connectivity index (χ4n) is 2.08. The van der Waals surface area contributed by atoms with Crippen LogP contribution in [-0.4, -0.2) is 13.1 Å². The van der Waals surface area contributed by atoms with E-state index < -0.39 is 0 Å². The van der Waals surface area contributed by atoms with Crippen molar-refractivity contribution in [2.75, 3.05) is 13.1 Å². The van der Waals surface area contributed by atoms with Crippen LogP contribution in [0.3, 0.4) is 0 Å². The summed E-state index contributed by atoms with van der Waals surface area (Å²) in [5, 5.41) is 3.39. The lowest BCUT2D eigenvalue weighted by molar-refractivity contribution is 0.564. The van der Waals surface area contributed by atoms with Gasteiger partial charge in [-0.2, -0.15) is 0 Å². The van der Waals surface area contributed by atoms with Crippen molar-refractivity contribution >= 4 is 0 Å². The van der Waals surface area contributed by atoms with Gasteiger partial charge in [0.05, 0.1) is 0 Å². The second-order valence-electron chi connectivity index (χ2n) is 4.86. The molecule has 1 aromatic rings. The Morgan fingerprint density at radius 3 is 2.44 bits per heavy atom. The molecule has 1 nitrogen and oxygen atoms in total. The van der Waals surface area contributed by atoms with Gasteiger partial charge in [0.25, 0.3) is 0 Å². The van der Waals surface area contributed by atoms with Gasteiger partial charge in [-0.05, 0) is 37.6 Å². The van der Waals surface area contributed by atoms with E-state index in [0.717, 1.165) is 25.1 Å². The molecule has 1 rings (SSSR count). The summed E-state index contributed by atoms with van der Waals surface area (Å²) in [5.41, 5.74) is 0.813. The van der Waals surface area contributed by atoms with Gasteiger partial charge in [0.15, 0.2) is 0 Å². The van der Waals surface area contributed by atoms with Crippen LogP contribution in [0.1, 0.15) is 51.0 Å². The minimum absolute atomic E-state index is 0.0844. The molecule has 0 aromatic heterocycles. The number of unbranched alkanes of at least 4 members (excludes halogenated alkanes) is 5. The highest BCUT2D eigenvalue weighted by Gasteiger charge is 1.99. The zero-order chi connectivity index (χ0) is 13.1. The maximum absolute atomic E-state index is 13.3. The number of nitrogens with one attached hydrogen (secondary N) is 1. The Labute approximate surface area is 111 Å². The molecule has 0 heterocycles. The highest BCUT2D eigenvalue weighted by atomic mass is 19.1. The summed E-state index contributed by atoms with van der Waals surface area (Å²) in [6.07, 6.45) is 8.71. The fourth-order valence-corrected chi connectivity index (χ4v) is 2.08. The average molecular weight is 251 g/mol. The van der Waals surface area contributed by atoms with E-state index in [2.05, 4.69) is 12.2 Å². The number of rotatable bonds is 10. The second kappa shape index (κ2) is 10.1. The van der Waals surface area contributed by atoms with Crippen molar-refractivity contribution in [2.24, 2.45) is 0 Å². The van der Waals surface area contributed by atoms with E-state index in [0.29, 0.717) is 0 Å². The van der Waals surface area contributed by atoms with Crippen molar-refractivity contribution < 1.29 is 4.39 Å². The van der Waals surface area contributed by atoms with Crippen LogP contribution in [0.2, 0.25) is 0 Å². The molecular weight excluding hydrogens is 225 g/mol. The first-order chi connectivity index (χ1) is 8.84. The molecule has 0 radical (unpaired) electrons. The van der Waals surface area contributed by atoms with Crippen LogP contribution >= 0.6 is 0 Å². The van der Waals surface area contributed by atoms with E-state index in [1.165, 1.54) is 44.6 Å². The van der Waals surface area contributed by atoms with Gasteiger partial charge in [0.2, 0.25) is 0 Å². The maximum Gasteiger partial charge on any atom is 0.126 e. The zero-order valence-electron chi connectivity index (χ0n) is 11.6. The van der Waals surface area contributed by atoms with Gasteiger partial charge in [-0.15, -0.1) is 0 Å². The van der Waals surface area contributed by atoms with Gasteiger partial charge in [0, 0.05) is 0 Å². The zero-order valence-corrected chi connectivity index (χ0v) is 11.6. The quantitative estimate of drug-likeness (QED) is 0.611. The van der Waals surface area contributed by atoms with Crippen LogP contribution in [0.5, 0.6) is 0 Å². The highest BCUT2D eigenvalue weighted by molar-refractivity contribution is 5.17. The van der Waals surface area contributed by atoms with Crippen LogP contribution in [-0.2, 0) is 6.42 Å². The Bertz CT molecular complexity index is 312. The van der Waals surface area contributed by atoms with Crippen molar-refractivity contribution in [2.45, 2.75) is 51.9 Å². The Hall–Kier alpha value is -0.890. The monoisotopic (exact) mass is 251 g/mol. The summed E-state index contributed by atoms with van der Waals surface area (Å²) in [5.74, 6) is -0.0844. The number of halogens is 1. The largest absolute Gasteiger partial charge is 0.316 e. The molecule has 0 spiro atoms. The van der Waals surface area contributed by atoms with E-state index in [9.17, 15) is 4.39 Å². The van der Waals surface area contributed by atoms with Crippen molar-refractivity contribution in [3.8, 4) is 0 Å². The van der Waals surface area contributed by atoms with E-state index >= 15 is 0 Å².